The van der Waals surface area contributed by atoms with Gasteiger partial charge in [-0.05, 0) is 103 Å². The summed E-state index contributed by atoms with van der Waals surface area (Å²) in [5, 5.41) is 17.9. The van der Waals surface area contributed by atoms with E-state index in [1.807, 2.05) is 0 Å². The van der Waals surface area contributed by atoms with Crippen molar-refractivity contribution >= 4 is 29.3 Å². The molecule has 170 valence electrons. The second kappa shape index (κ2) is 8.50. The first-order valence-corrected chi connectivity index (χ1v) is 12.4. The minimum Gasteiger partial charge on any atom is -0.349 e. The van der Waals surface area contributed by atoms with Gasteiger partial charge in [-0.15, -0.1) is 5.10 Å². The van der Waals surface area contributed by atoms with Crippen molar-refractivity contribution in [3.05, 3.63) is 29.8 Å². The van der Waals surface area contributed by atoms with E-state index >= 15 is 0 Å². The van der Waals surface area contributed by atoms with Gasteiger partial charge in [0.05, 0.1) is 5.75 Å². The molecular weight excluding hydrogens is 424 g/mol. The summed E-state index contributed by atoms with van der Waals surface area (Å²) in [7, 11) is 1.73. The van der Waals surface area contributed by atoms with E-state index in [1.165, 1.54) is 55.0 Å². The molecule has 32 heavy (non-hydrogen) atoms. The van der Waals surface area contributed by atoms with Gasteiger partial charge in [0.1, 0.15) is 0 Å². The Bertz CT molecular complexity index is 969. The van der Waals surface area contributed by atoms with Crippen molar-refractivity contribution in [1.29, 1.82) is 0 Å². The number of nitrogens with one attached hydrogen (secondary N) is 2. The van der Waals surface area contributed by atoms with Crippen LogP contribution in [0.3, 0.4) is 0 Å². The van der Waals surface area contributed by atoms with Crippen LogP contribution in [-0.4, -0.2) is 43.8 Å². The van der Waals surface area contributed by atoms with E-state index in [1.54, 1.807) is 31.3 Å². The summed E-state index contributed by atoms with van der Waals surface area (Å²) in [5.74, 6) is 2.63. The number of carbonyl (C=O) groups is 2. The number of rotatable bonds is 7. The first-order valence-electron chi connectivity index (χ1n) is 11.5. The largest absolute Gasteiger partial charge is 0.349 e. The van der Waals surface area contributed by atoms with E-state index in [0.29, 0.717) is 16.4 Å². The molecule has 8 nitrogen and oxygen atoms in total. The van der Waals surface area contributed by atoms with Crippen molar-refractivity contribution < 1.29 is 9.59 Å². The molecule has 6 rings (SSSR count). The third-order valence-electron chi connectivity index (χ3n) is 7.70. The molecule has 4 saturated carbocycles. The highest BCUT2D eigenvalue weighted by atomic mass is 32.2. The van der Waals surface area contributed by atoms with E-state index in [-0.39, 0.29) is 29.0 Å². The van der Waals surface area contributed by atoms with Crippen LogP contribution >= 0.6 is 11.8 Å². The van der Waals surface area contributed by atoms with Gasteiger partial charge in [0.2, 0.25) is 11.1 Å². The van der Waals surface area contributed by atoms with E-state index in [4.69, 9.17) is 0 Å². The third kappa shape index (κ3) is 4.27. The summed E-state index contributed by atoms with van der Waals surface area (Å²) in [6.07, 6.45) is 8.03. The van der Waals surface area contributed by atoms with Gasteiger partial charge in [-0.3, -0.25) is 9.59 Å². The van der Waals surface area contributed by atoms with Crippen molar-refractivity contribution in [2.24, 2.45) is 30.2 Å². The number of hydrogen-bond donors (Lipinski definition) is 2. The zero-order valence-corrected chi connectivity index (χ0v) is 19.4. The topological polar surface area (TPSA) is 102 Å². The molecule has 4 aliphatic carbocycles. The fourth-order valence-electron chi connectivity index (χ4n) is 6.52. The smallest absolute Gasteiger partial charge is 0.251 e. The lowest BCUT2D eigenvalue weighted by Gasteiger charge is -2.59. The van der Waals surface area contributed by atoms with E-state index in [0.717, 1.165) is 17.8 Å². The molecule has 4 fully saturated rings. The monoisotopic (exact) mass is 454 g/mol. The number of benzene rings is 1. The Morgan fingerprint density at radius 2 is 1.75 bits per heavy atom. The number of nitrogens with zero attached hydrogens (tertiary/aromatic N) is 4. The van der Waals surface area contributed by atoms with Crippen LogP contribution in [0.1, 0.15) is 55.8 Å². The maximum absolute atomic E-state index is 12.9. The zero-order chi connectivity index (χ0) is 22.3. The number of thioether (sulfide) groups is 1. The van der Waals surface area contributed by atoms with E-state index in [2.05, 4.69) is 33.1 Å². The number of amides is 2. The van der Waals surface area contributed by atoms with Crippen LogP contribution < -0.4 is 10.6 Å². The van der Waals surface area contributed by atoms with Gasteiger partial charge in [-0.25, -0.2) is 4.68 Å². The second-order valence-corrected chi connectivity index (χ2v) is 10.9. The first kappa shape index (κ1) is 21.4. The van der Waals surface area contributed by atoms with Gasteiger partial charge in [-0.2, -0.15) is 0 Å². The number of aromatic nitrogens is 4. The van der Waals surface area contributed by atoms with Crippen molar-refractivity contribution in [3.63, 3.8) is 0 Å². The van der Waals surface area contributed by atoms with Crippen LogP contribution in [0.15, 0.2) is 29.4 Å². The predicted octanol–water partition coefficient (Wildman–Crippen LogP) is 3.28. The van der Waals surface area contributed by atoms with Gasteiger partial charge in [-0.1, -0.05) is 11.8 Å². The lowest BCUT2D eigenvalue weighted by molar-refractivity contribution is -0.113. The van der Waals surface area contributed by atoms with Crippen molar-refractivity contribution in [1.82, 2.24) is 25.5 Å². The maximum atomic E-state index is 12.9. The molecular formula is C23H30N6O2S. The standard InChI is InChI=1S/C23H30N6O2S/c1-14(23-10-15-7-16(11-23)9-17(8-15)12-23)24-21(31)18-3-5-19(6-4-18)25-20(30)13-32-22-26-27-28-29(22)2/h3-6,14-17H,7-13H2,1-2H3,(H,24,31)(H,25,30)/t14-,15?,16?,17?,23?/m1/s1. The molecule has 0 radical (unpaired) electrons. The molecule has 2 N–H and O–H groups in total. The summed E-state index contributed by atoms with van der Waals surface area (Å²) in [5.41, 5.74) is 1.57. The highest BCUT2D eigenvalue weighted by molar-refractivity contribution is 7.99. The average molecular weight is 455 g/mol. The normalized spacial score (nSPS) is 29.0. The van der Waals surface area contributed by atoms with Crippen LogP contribution in [0.2, 0.25) is 0 Å². The van der Waals surface area contributed by atoms with E-state index < -0.39 is 0 Å². The van der Waals surface area contributed by atoms with Gasteiger partial charge in [0, 0.05) is 24.3 Å². The van der Waals surface area contributed by atoms with Crippen LogP contribution in [0.4, 0.5) is 5.69 Å². The van der Waals surface area contributed by atoms with Crippen molar-refractivity contribution in [3.8, 4) is 0 Å². The summed E-state index contributed by atoms with van der Waals surface area (Å²) >= 11 is 1.27. The molecule has 2 aromatic rings. The van der Waals surface area contributed by atoms with Gasteiger partial charge in [0.25, 0.3) is 5.91 Å². The summed E-state index contributed by atoms with van der Waals surface area (Å²) < 4.78 is 1.52. The Morgan fingerprint density at radius 3 is 2.31 bits per heavy atom. The van der Waals surface area contributed by atoms with Gasteiger partial charge in [0.15, 0.2) is 0 Å². The Labute approximate surface area is 192 Å². The van der Waals surface area contributed by atoms with Gasteiger partial charge < -0.3 is 10.6 Å². The molecule has 1 aromatic carbocycles. The number of tetrazole rings is 1. The number of carbonyl (C=O) groups excluding carboxylic acids is 2. The average Bonchev–Trinajstić information content (AvgIpc) is 3.16. The molecule has 1 atom stereocenters. The molecule has 1 heterocycles. The van der Waals surface area contributed by atoms with Crippen molar-refractivity contribution in [2.75, 3.05) is 11.1 Å². The second-order valence-electron chi connectivity index (χ2n) is 9.97. The minimum absolute atomic E-state index is 0.0311. The molecule has 0 saturated heterocycles. The van der Waals surface area contributed by atoms with E-state index in [9.17, 15) is 9.59 Å². The molecule has 0 aliphatic heterocycles. The molecule has 2 amide bonds. The molecule has 0 unspecified atom stereocenters. The summed E-state index contributed by atoms with van der Waals surface area (Å²) in [6, 6.07) is 7.29. The zero-order valence-electron chi connectivity index (χ0n) is 18.6. The maximum Gasteiger partial charge on any atom is 0.251 e. The molecule has 0 spiro atoms. The third-order valence-corrected chi connectivity index (χ3v) is 8.71. The minimum atomic E-state index is -0.148. The summed E-state index contributed by atoms with van der Waals surface area (Å²) in [6.45, 7) is 2.20. The fraction of sp³-hybridized carbons (Fsp3) is 0.609. The van der Waals surface area contributed by atoms with Crippen LogP contribution in [0.5, 0.6) is 0 Å². The SMILES string of the molecule is C[C@@H](NC(=O)c1ccc(NC(=O)CSc2nnnn2C)cc1)C12CC3CC(CC(C3)C1)C2. The predicted molar refractivity (Wildman–Crippen MR) is 122 cm³/mol. The highest BCUT2D eigenvalue weighted by Gasteiger charge is 2.53. The molecule has 4 bridgehead atoms. The quantitative estimate of drug-likeness (QED) is 0.623. The summed E-state index contributed by atoms with van der Waals surface area (Å²) in [4.78, 5) is 25.1. The number of hydrogen-bond acceptors (Lipinski definition) is 6. The molecule has 1 aromatic heterocycles. The highest BCUT2D eigenvalue weighted by Crippen LogP contribution is 2.61. The lowest BCUT2D eigenvalue weighted by Crippen LogP contribution is -2.55. The lowest BCUT2D eigenvalue weighted by atomic mass is 9.48. The van der Waals surface area contributed by atoms with Gasteiger partial charge >= 0.3 is 0 Å². The van der Waals surface area contributed by atoms with Crippen LogP contribution in [0.25, 0.3) is 0 Å². The Morgan fingerprint density at radius 1 is 1.12 bits per heavy atom. The number of anilines is 1. The Kier molecular flexibility index (Phi) is 5.69. The Balaban J connectivity index is 1.15. The molecule has 9 heteroatoms. The van der Waals surface area contributed by atoms with Crippen LogP contribution in [-0.2, 0) is 11.8 Å². The van der Waals surface area contributed by atoms with Crippen molar-refractivity contribution in [2.45, 2.75) is 56.6 Å². The molecule has 4 aliphatic rings. The first-order chi connectivity index (χ1) is 15.4. The number of aryl methyl sites for hydroxylation is 1. The van der Waals surface area contributed by atoms with Crippen LogP contribution in [0, 0.1) is 23.2 Å². The fourth-order valence-corrected chi connectivity index (χ4v) is 7.17. The Hall–Kier alpha value is -2.42.